The summed E-state index contributed by atoms with van der Waals surface area (Å²) in [4.78, 5) is 32.3. The highest BCUT2D eigenvalue weighted by atomic mass is 32.1. The van der Waals surface area contributed by atoms with Crippen molar-refractivity contribution in [3.63, 3.8) is 0 Å². The fourth-order valence-corrected chi connectivity index (χ4v) is 4.36. The van der Waals surface area contributed by atoms with Gasteiger partial charge in [0.2, 0.25) is 5.91 Å². The number of nitrogens with zero attached hydrogens (tertiary/aromatic N) is 2. The topological polar surface area (TPSA) is 75.4 Å². The standard InChI is InChI=1S/C21H21N3O3S/c25-19(13-7-9-24(10-8-13)21(26)18-2-1-11-28-18)22-15-5-6-17-16(12-15)23-20(27-17)14-3-4-14/h1-2,5-6,11-14H,3-4,7-10H2,(H,22,25). The SMILES string of the molecule is O=C(Nc1ccc2oc(C3CC3)nc2c1)C1CCN(C(=O)c2cccs2)CC1. The molecule has 1 aliphatic heterocycles. The monoisotopic (exact) mass is 395 g/mol. The Kier molecular flexibility index (Phi) is 4.39. The number of oxazole rings is 1. The number of rotatable bonds is 4. The number of piperidine rings is 1. The zero-order chi connectivity index (χ0) is 19.1. The minimum Gasteiger partial charge on any atom is -0.440 e. The second-order valence-corrected chi connectivity index (χ2v) is 8.49. The second kappa shape index (κ2) is 7.05. The third-order valence-electron chi connectivity index (χ3n) is 5.48. The summed E-state index contributed by atoms with van der Waals surface area (Å²) in [6.45, 7) is 1.23. The second-order valence-electron chi connectivity index (χ2n) is 7.54. The van der Waals surface area contributed by atoms with Crippen LogP contribution in [-0.2, 0) is 4.79 Å². The number of carbonyl (C=O) groups excluding carboxylic acids is 2. The number of amides is 2. The molecule has 6 nitrogen and oxygen atoms in total. The average Bonchev–Trinajstić information content (AvgIpc) is 3.25. The number of hydrogen-bond donors (Lipinski definition) is 1. The molecule has 1 aliphatic carbocycles. The molecule has 5 rings (SSSR count). The Morgan fingerprint density at radius 2 is 1.96 bits per heavy atom. The summed E-state index contributed by atoms with van der Waals surface area (Å²) >= 11 is 1.46. The van der Waals surface area contributed by atoms with Crippen LogP contribution in [0.15, 0.2) is 40.1 Å². The molecule has 3 heterocycles. The molecule has 2 aromatic heterocycles. The van der Waals surface area contributed by atoms with Gasteiger partial charge in [0.15, 0.2) is 11.5 Å². The van der Waals surface area contributed by atoms with Crippen molar-refractivity contribution in [2.75, 3.05) is 18.4 Å². The normalized spacial score (nSPS) is 17.8. The highest BCUT2D eigenvalue weighted by molar-refractivity contribution is 7.12. The van der Waals surface area contributed by atoms with Crippen LogP contribution in [0.2, 0.25) is 0 Å². The zero-order valence-electron chi connectivity index (χ0n) is 15.4. The molecular weight excluding hydrogens is 374 g/mol. The first-order valence-electron chi connectivity index (χ1n) is 9.71. The van der Waals surface area contributed by atoms with Crippen LogP contribution >= 0.6 is 11.3 Å². The van der Waals surface area contributed by atoms with Crippen LogP contribution in [0.3, 0.4) is 0 Å². The Hall–Kier alpha value is -2.67. The smallest absolute Gasteiger partial charge is 0.263 e. The van der Waals surface area contributed by atoms with E-state index in [1.54, 1.807) is 0 Å². The first-order chi connectivity index (χ1) is 13.7. The molecule has 1 saturated carbocycles. The number of thiophene rings is 1. The maximum atomic E-state index is 12.7. The lowest BCUT2D eigenvalue weighted by Gasteiger charge is -2.31. The minimum absolute atomic E-state index is 0.00786. The molecule has 1 aromatic carbocycles. The molecule has 1 saturated heterocycles. The molecule has 0 radical (unpaired) electrons. The number of nitrogens with one attached hydrogen (secondary N) is 1. The molecule has 7 heteroatoms. The first-order valence-corrected chi connectivity index (χ1v) is 10.6. The van der Waals surface area contributed by atoms with E-state index in [1.807, 2.05) is 40.6 Å². The van der Waals surface area contributed by atoms with E-state index >= 15 is 0 Å². The lowest BCUT2D eigenvalue weighted by Crippen LogP contribution is -2.41. The van der Waals surface area contributed by atoms with Crippen LogP contribution < -0.4 is 5.32 Å². The highest BCUT2D eigenvalue weighted by Crippen LogP contribution is 2.40. The van der Waals surface area contributed by atoms with E-state index in [1.165, 1.54) is 11.3 Å². The van der Waals surface area contributed by atoms with Crippen molar-refractivity contribution in [3.8, 4) is 0 Å². The Bertz CT molecular complexity index is 1010. The molecule has 0 bridgehead atoms. The van der Waals surface area contributed by atoms with Gasteiger partial charge in [-0.15, -0.1) is 11.3 Å². The van der Waals surface area contributed by atoms with E-state index in [2.05, 4.69) is 10.3 Å². The van der Waals surface area contributed by atoms with E-state index in [9.17, 15) is 9.59 Å². The van der Waals surface area contributed by atoms with Gasteiger partial charge in [-0.3, -0.25) is 9.59 Å². The van der Waals surface area contributed by atoms with E-state index in [-0.39, 0.29) is 17.7 Å². The Balaban J connectivity index is 1.20. The summed E-state index contributed by atoms with van der Waals surface area (Å²) in [7, 11) is 0. The van der Waals surface area contributed by atoms with Crippen molar-refractivity contribution < 1.29 is 14.0 Å². The van der Waals surface area contributed by atoms with Crippen molar-refractivity contribution in [1.29, 1.82) is 0 Å². The van der Waals surface area contributed by atoms with Gasteiger partial charge in [0, 0.05) is 30.6 Å². The molecule has 0 atom stereocenters. The predicted molar refractivity (Wildman–Crippen MR) is 108 cm³/mol. The maximum Gasteiger partial charge on any atom is 0.263 e. The molecule has 28 heavy (non-hydrogen) atoms. The van der Waals surface area contributed by atoms with Gasteiger partial charge < -0.3 is 14.6 Å². The molecule has 1 N–H and O–H groups in total. The largest absolute Gasteiger partial charge is 0.440 e. The van der Waals surface area contributed by atoms with E-state index in [4.69, 9.17) is 4.42 Å². The van der Waals surface area contributed by atoms with Gasteiger partial charge in [-0.1, -0.05) is 6.07 Å². The fraction of sp³-hybridized carbons (Fsp3) is 0.381. The lowest BCUT2D eigenvalue weighted by molar-refractivity contribution is -0.121. The third-order valence-corrected chi connectivity index (χ3v) is 6.34. The van der Waals surface area contributed by atoms with Crippen LogP contribution in [0.1, 0.15) is 47.2 Å². The summed E-state index contributed by atoms with van der Waals surface area (Å²) in [6.07, 6.45) is 3.65. The van der Waals surface area contributed by atoms with Crippen LogP contribution in [0.5, 0.6) is 0 Å². The van der Waals surface area contributed by atoms with Crippen LogP contribution in [0.4, 0.5) is 5.69 Å². The van der Waals surface area contributed by atoms with E-state index in [0.29, 0.717) is 31.8 Å². The Labute approximate surface area is 166 Å². The van der Waals surface area contributed by atoms with Crippen molar-refractivity contribution in [3.05, 3.63) is 46.5 Å². The summed E-state index contributed by atoms with van der Waals surface area (Å²) in [6, 6.07) is 9.33. The van der Waals surface area contributed by atoms with Crippen molar-refractivity contribution in [2.45, 2.75) is 31.6 Å². The lowest BCUT2D eigenvalue weighted by atomic mass is 9.95. The predicted octanol–water partition coefficient (Wildman–Crippen LogP) is 4.26. The molecule has 2 aliphatic rings. The molecule has 144 valence electrons. The maximum absolute atomic E-state index is 12.7. The molecule has 2 amide bonds. The Morgan fingerprint density at radius 1 is 1.14 bits per heavy atom. The van der Waals surface area contributed by atoms with Gasteiger partial charge in [0.1, 0.15) is 5.52 Å². The van der Waals surface area contributed by atoms with Crippen LogP contribution in [-0.4, -0.2) is 34.8 Å². The first kappa shape index (κ1) is 17.4. The van der Waals surface area contributed by atoms with E-state index < -0.39 is 0 Å². The van der Waals surface area contributed by atoms with Crippen molar-refractivity contribution in [2.24, 2.45) is 5.92 Å². The Morgan fingerprint density at radius 3 is 2.68 bits per heavy atom. The van der Waals surface area contributed by atoms with Gasteiger partial charge >= 0.3 is 0 Å². The number of aromatic nitrogens is 1. The number of carbonyl (C=O) groups is 2. The molecule has 3 aromatic rings. The van der Waals surface area contributed by atoms with Crippen LogP contribution in [0, 0.1) is 5.92 Å². The average molecular weight is 395 g/mol. The summed E-state index contributed by atoms with van der Waals surface area (Å²) in [5.74, 6) is 1.27. The van der Waals surface area contributed by atoms with Crippen molar-refractivity contribution in [1.82, 2.24) is 9.88 Å². The zero-order valence-corrected chi connectivity index (χ0v) is 16.2. The summed E-state index contributed by atoms with van der Waals surface area (Å²) in [5.41, 5.74) is 2.29. The quantitative estimate of drug-likeness (QED) is 0.716. The number of fused-ring (bicyclic) bond motifs is 1. The third kappa shape index (κ3) is 3.42. The van der Waals surface area contributed by atoms with Gasteiger partial charge in [0.05, 0.1) is 4.88 Å². The number of hydrogen-bond acceptors (Lipinski definition) is 5. The van der Waals surface area contributed by atoms with Gasteiger partial charge in [-0.05, 0) is 55.3 Å². The fourth-order valence-electron chi connectivity index (χ4n) is 3.67. The number of benzene rings is 1. The minimum atomic E-state index is -0.0811. The summed E-state index contributed by atoms with van der Waals surface area (Å²) in [5, 5.41) is 4.92. The number of likely N-dealkylation sites (tertiary alicyclic amines) is 1. The molecular formula is C21H21N3O3S. The van der Waals surface area contributed by atoms with E-state index in [0.717, 1.165) is 40.4 Å². The van der Waals surface area contributed by atoms with Crippen molar-refractivity contribution >= 4 is 39.9 Å². The molecule has 2 fully saturated rings. The molecule has 0 unspecified atom stereocenters. The summed E-state index contributed by atoms with van der Waals surface area (Å²) < 4.78 is 5.77. The highest BCUT2D eigenvalue weighted by Gasteiger charge is 2.30. The van der Waals surface area contributed by atoms with Gasteiger partial charge in [-0.25, -0.2) is 4.98 Å². The molecule has 0 spiro atoms. The van der Waals surface area contributed by atoms with Gasteiger partial charge in [-0.2, -0.15) is 0 Å². The number of anilines is 1. The van der Waals surface area contributed by atoms with Crippen LogP contribution in [0.25, 0.3) is 11.1 Å². The van der Waals surface area contributed by atoms with Gasteiger partial charge in [0.25, 0.3) is 5.91 Å².